The highest BCUT2D eigenvalue weighted by Crippen LogP contribution is 2.37. The Morgan fingerprint density at radius 1 is 1.23 bits per heavy atom. The summed E-state index contributed by atoms with van der Waals surface area (Å²) in [5.74, 6) is -0.152. The fourth-order valence-electron chi connectivity index (χ4n) is 6.37. The van der Waals surface area contributed by atoms with Crippen LogP contribution in [0.1, 0.15) is 70.3 Å². The average Bonchev–Trinajstić information content (AvgIpc) is 3.40. The van der Waals surface area contributed by atoms with Crippen LogP contribution >= 0.6 is 36.1 Å². The molecule has 1 saturated carbocycles. The maximum atomic E-state index is 13.8. The number of hydrogen-bond donors (Lipinski definition) is 2. The van der Waals surface area contributed by atoms with E-state index < -0.39 is 17.7 Å². The highest BCUT2D eigenvalue weighted by Gasteiger charge is 2.55. The molecule has 1 aromatic carbocycles. The molecule has 5 rings (SSSR count). The van der Waals surface area contributed by atoms with Crippen LogP contribution in [0.3, 0.4) is 0 Å². The topological polar surface area (TPSA) is 94.5 Å². The molecule has 8 nitrogen and oxygen atoms in total. The predicted octanol–water partition coefficient (Wildman–Crippen LogP) is 4.42. The molecule has 1 aliphatic carbocycles. The largest absolute Gasteiger partial charge is 0.390 e. The number of likely N-dealkylation sites (tertiary alicyclic amines) is 1. The van der Waals surface area contributed by atoms with Gasteiger partial charge in [-0.15, -0.1) is 12.4 Å². The first-order valence-electron chi connectivity index (χ1n) is 14.1. The lowest BCUT2D eigenvalue weighted by molar-refractivity contribution is -0.166. The minimum absolute atomic E-state index is 0. The van der Waals surface area contributed by atoms with Crippen molar-refractivity contribution in [3.05, 3.63) is 34.9 Å². The number of nitrogens with one attached hydrogen (secondary N) is 1. The summed E-state index contributed by atoms with van der Waals surface area (Å²) in [6, 6.07) is 6.75. The fourth-order valence-corrected chi connectivity index (χ4v) is 7.25. The van der Waals surface area contributed by atoms with E-state index in [2.05, 4.69) is 17.1 Å². The number of aliphatic imine (C=N–C) groups is 1. The minimum atomic E-state index is -0.855. The third-order valence-corrected chi connectivity index (χ3v) is 9.69. The number of carbonyl (C=O) groups excluding carboxylic acids is 2. The van der Waals surface area contributed by atoms with E-state index in [9.17, 15) is 14.7 Å². The molecule has 0 aromatic heterocycles. The van der Waals surface area contributed by atoms with Gasteiger partial charge in [0.2, 0.25) is 11.8 Å². The first-order chi connectivity index (χ1) is 18.4. The Hall–Kier alpha value is -1.36. The summed E-state index contributed by atoms with van der Waals surface area (Å²) in [7, 11) is 0. The Labute approximate surface area is 246 Å². The molecular weight excluding hydrogens is 559 g/mol. The summed E-state index contributed by atoms with van der Waals surface area (Å²) in [5.41, 5.74) is 0.0861. The number of carbonyl (C=O) groups is 2. The van der Waals surface area contributed by atoms with Gasteiger partial charge in [-0.2, -0.15) is 0 Å². The van der Waals surface area contributed by atoms with Crippen molar-refractivity contribution in [1.29, 1.82) is 0 Å². The van der Waals surface area contributed by atoms with Crippen LogP contribution in [0.4, 0.5) is 0 Å². The lowest BCUT2D eigenvalue weighted by Crippen LogP contribution is -2.75. The molecule has 3 aliphatic heterocycles. The van der Waals surface area contributed by atoms with E-state index in [0.29, 0.717) is 44.0 Å². The standard InChI is InChI=1S/C28H39ClN4O4S.ClH/c1-2-3-14-33-26(35)23(24(34)19-8-5-4-6-9-19)31-27(36)28(33)12-15-32(16-13-28)18-22-30-25(38-37-22)20-10-7-11-21(29)17-20;/h7,10-11,17,19,22-24,34H,2-6,8-9,12-16,18H2,1H3,(H,31,36);1H/t22?,23-,24-;/m1./s1. The first-order valence-corrected chi connectivity index (χ1v) is 15.2. The van der Waals surface area contributed by atoms with Gasteiger partial charge in [-0.1, -0.05) is 56.3 Å². The number of nitrogens with zero attached hydrogens (tertiary/aromatic N) is 3. The lowest BCUT2D eigenvalue weighted by atomic mass is 9.78. The molecule has 3 heterocycles. The zero-order valence-corrected chi connectivity index (χ0v) is 24.9. The van der Waals surface area contributed by atoms with Crippen molar-refractivity contribution < 1.29 is 18.9 Å². The number of benzene rings is 1. The van der Waals surface area contributed by atoms with E-state index in [-0.39, 0.29) is 36.4 Å². The van der Waals surface area contributed by atoms with Gasteiger partial charge in [0.25, 0.3) is 0 Å². The van der Waals surface area contributed by atoms with Crippen LogP contribution in [0.15, 0.2) is 29.3 Å². The zero-order chi connectivity index (χ0) is 26.7. The Balaban J connectivity index is 0.00000353. The highest BCUT2D eigenvalue weighted by molar-refractivity contribution is 8.10. The summed E-state index contributed by atoms with van der Waals surface area (Å²) in [5, 5.41) is 15.6. The monoisotopic (exact) mass is 598 g/mol. The zero-order valence-electron chi connectivity index (χ0n) is 22.5. The Bertz CT molecular complexity index is 1050. The van der Waals surface area contributed by atoms with Gasteiger partial charge in [-0.05, 0) is 50.2 Å². The minimum Gasteiger partial charge on any atom is -0.390 e. The second-order valence-electron chi connectivity index (χ2n) is 11.1. The SMILES string of the molecule is CCCCN1C(=O)[C@@H]([C@H](O)C2CCCCC2)NC(=O)C12CCN(CC1N=C(c3cccc(Cl)c3)SO1)CC2.Cl. The number of rotatable bonds is 8. The van der Waals surface area contributed by atoms with E-state index in [1.807, 2.05) is 29.2 Å². The van der Waals surface area contributed by atoms with E-state index >= 15 is 0 Å². The van der Waals surface area contributed by atoms with Gasteiger partial charge in [0.15, 0.2) is 6.23 Å². The number of piperazine rings is 1. The van der Waals surface area contributed by atoms with Gasteiger partial charge >= 0.3 is 0 Å². The Kier molecular flexibility index (Phi) is 10.6. The number of aliphatic hydroxyl groups excluding tert-OH is 1. The molecule has 0 bridgehead atoms. The number of halogens is 2. The van der Waals surface area contributed by atoms with Gasteiger partial charge in [0, 0.05) is 36.8 Å². The maximum Gasteiger partial charge on any atom is 0.248 e. The maximum absolute atomic E-state index is 13.8. The van der Waals surface area contributed by atoms with E-state index in [4.69, 9.17) is 20.8 Å². The smallest absolute Gasteiger partial charge is 0.248 e. The number of piperidine rings is 1. The molecule has 11 heteroatoms. The van der Waals surface area contributed by atoms with Crippen LogP contribution in [-0.4, -0.2) is 81.9 Å². The average molecular weight is 600 g/mol. The van der Waals surface area contributed by atoms with Crippen LogP contribution < -0.4 is 5.32 Å². The predicted molar refractivity (Wildman–Crippen MR) is 157 cm³/mol. The normalized spacial score (nSPS) is 26.7. The van der Waals surface area contributed by atoms with E-state index in [1.165, 1.54) is 18.5 Å². The molecule has 0 radical (unpaired) electrons. The first kappa shape index (κ1) is 30.6. The molecule has 3 fully saturated rings. The molecule has 39 heavy (non-hydrogen) atoms. The van der Waals surface area contributed by atoms with Crippen molar-refractivity contribution >= 4 is 52.9 Å². The quantitative estimate of drug-likeness (QED) is 0.430. The lowest BCUT2D eigenvalue weighted by Gasteiger charge is -2.52. The second-order valence-corrected chi connectivity index (χ2v) is 12.3. The molecule has 1 spiro atoms. The van der Waals surface area contributed by atoms with Crippen molar-refractivity contribution in [2.75, 3.05) is 26.2 Å². The summed E-state index contributed by atoms with van der Waals surface area (Å²) < 4.78 is 5.87. The highest BCUT2D eigenvalue weighted by atomic mass is 35.5. The summed E-state index contributed by atoms with van der Waals surface area (Å²) >= 11 is 7.40. The molecule has 1 unspecified atom stereocenters. The van der Waals surface area contributed by atoms with Crippen LogP contribution in [-0.2, 0) is 13.8 Å². The van der Waals surface area contributed by atoms with Crippen molar-refractivity contribution in [2.45, 2.75) is 88.6 Å². The van der Waals surface area contributed by atoms with Crippen molar-refractivity contribution in [3.63, 3.8) is 0 Å². The summed E-state index contributed by atoms with van der Waals surface area (Å²) in [6.07, 6.45) is 6.93. The third-order valence-electron chi connectivity index (χ3n) is 8.64. The summed E-state index contributed by atoms with van der Waals surface area (Å²) in [4.78, 5) is 36.3. The van der Waals surface area contributed by atoms with Gasteiger partial charge < -0.3 is 15.3 Å². The Morgan fingerprint density at radius 3 is 2.67 bits per heavy atom. The van der Waals surface area contributed by atoms with Crippen molar-refractivity contribution in [3.8, 4) is 0 Å². The fraction of sp³-hybridized carbons (Fsp3) is 0.679. The molecule has 4 aliphatic rings. The number of hydrogen-bond acceptors (Lipinski definition) is 7. The second kappa shape index (κ2) is 13.5. The van der Waals surface area contributed by atoms with Crippen LogP contribution in [0.5, 0.6) is 0 Å². The Morgan fingerprint density at radius 2 is 1.97 bits per heavy atom. The van der Waals surface area contributed by atoms with Gasteiger partial charge in [0.05, 0.1) is 18.1 Å². The van der Waals surface area contributed by atoms with Crippen LogP contribution in [0.2, 0.25) is 5.02 Å². The van der Waals surface area contributed by atoms with Gasteiger partial charge in [-0.3, -0.25) is 18.7 Å². The van der Waals surface area contributed by atoms with Gasteiger partial charge in [0.1, 0.15) is 16.6 Å². The molecule has 2 N–H and O–H groups in total. The van der Waals surface area contributed by atoms with Crippen molar-refractivity contribution in [2.24, 2.45) is 10.9 Å². The molecule has 2 saturated heterocycles. The molecule has 216 valence electrons. The van der Waals surface area contributed by atoms with Gasteiger partial charge in [-0.25, -0.2) is 4.99 Å². The molecular formula is C28H40Cl2N4O4S. The van der Waals surface area contributed by atoms with E-state index in [1.54, 1.807) is 0 Å². The number of unbranched alkanes of at least 4 members (excludes halogenated alkanes) is 1. The molecule has 2 amide bonds. The summed E-state index contributed by atoms with van der Waals surface area (Å²) in [6.45, 7) is 4.61. The third kappa shape index (κ3) is 6.60. The number of amides is 2. The molecule has 3 atom stereocenters. The van der Waals surface area contributed by atoms with Crippen molar-refractivity contribution in [1.82, 2.24) is 15.1 Å². The van der Waals surface area contributed by atoms with Crippen LogP contribution in [0.25, 0.3) is 0 Å². The number of aliphatic hydroxyl groups is 1. The molecule has 1 aromatic rings. The van der Waals surface area contributed by atoms with Crippen LogP contribution in [0, 0.1) is 5.92 Å². The van der Waals surface area contributed by atoms with E-state index in [0.717, 1.165) is 49.1 Å².